The molecule has 1 nitrogen and oxygen atoms in total. The minimum absolute atomic E-state index is 0.295. The minimum atomic E-state index is -1.02. The summed E-state index contributed by atoms with van der Waals surface area (Å²) in [6, 6.07) is 13.9. The summed E-state index contributed by atoms with van der Waals surface area (Å²) < 4.78 is 53.8. The molecule has 5 heteroatoms. The van der Waals surface area contributed by atoms with E-state index in [4.69, 9.17) is 0 Å². The fourth-order valence-corrected chi connectivity index (χ4v) is 2.39. The molecule has 3 rings (SSSR count). The Kier molecular flexibility index (Phi) is 4.25. The van der Waals surface area contributed by atoms with Crippen molar-refractivity contribution in [3.05, 3.63) is 89.5 Å². The van der Waals surface area contributed by atoms with Crippen molar-refractivity contribution in [3.63, 3.8) is 0 Å². The molecule has 0 aliphatic carbocycles. The molecule has 0 aliphatic heterocycles. The van der Waals surface area contributed by atoms with Gasteiger partial charge in [-0.15, -0.1) is 0 Å². The van der Waals surface area contributed by atoms with Gasteiger partial charge in [0.25, 0.3) is 0 Å². The molecular formula is C19H13F4N. The number of hydrogen-bond acceptors (Lipinski definition) is 1. The molecule has 0 N–H and O–H groups in total. The van der Waals surface area contributed by atoms with Crippen LogP contribution < -0.4 is 4.90 Å². The van der Waals surface area contributed by atoms with Crippen molar-refractivity contribution in [1.82, 2.24) is 0 Å². The van der Waals surface area contributed by atoms with E-state index in [2.05, 4.69) is 0 Å². The van der Waals surface area contributed by atoms with Gasteiger partial charge in [0.1, 0.15) is 0 Å². The van der Waals surface area contributed by atoms with Gasteiger partial charge in [0.15, 0.2) is 23.3 Å². The van der Waals surface area contributed by atoms with E-state index < -0.39 is 23.3 Å². The van der Waals surface area contributed by atoms with Gasteiger partial charge in [0, 0.05) is 29.2 Å². The molecule has 0 unspecified atom stereocenters. The normalized spacial score (nSPS) is 10.7. The highest BCUT2D eigenvalue weighted by atomic mass is 19.2. The molecule has 0 atom stereocenters. The van der Waals surface area contributed by atoms with Crippen LogP contribution in [0, 0.1) is 30.2 Å². The Morgan fingerprint density at radius 2 is 0.958 bits per heavy atom. The van der Waals surface area contributed by atoms with Crippen LogP contribution in [-0.2, 0) is 0 Å². The van der Waals surface area contributed by atoms with Gasteiger partial charge in [-0.3, -0.25) is 0 Å². The number of benzene rings is 3. The van der Waals surface area contributed by atoms with Gasteiger partial charge in [-0.2, -0.15) is 0 Å². The predicted molar refractivity (Wildman–Crippen MR) is 85.7 cm³/mol. The summed E-state index contributed by atoms with van der Waals surface area (Å²) in [5.74, 6) is -4.00. The lowest BCUT2D eigenvalue weighted by Crippen LogP contribution is -2.11. The second-order valence-electron chi connectivity index (χ2n) is 5.37. The van der Waals surface area contributed by atoms with Crippen molar-refractivity contribution in [2.24, 2.45) is 0 Å². The third kappa shape index (κ3) is 3.11. The lowest BCUT2D eigenvalue weighted by Gasteiger charge is -2.25. The fraction of sp³-hybridized carbons (Fsp3) is 0.0526. The van der Waals surface area contributed by atoms with Crippen LogP contribution in [0.3, 0.4) is 0 Å². The summed E-state index contributed by atoms with van der Waals surface area (Å²) in [5, 5.41) is 0. The standard InChI is InChI=1S/C19H13F4N/c1-12-2-4-13(5-3-12)24(14-6-8-16(20)18(22)10-14)15-7-9-17(21)19(23)11-15/h2-11H,1H3. The van der Waals surface area contributed by atoms with Gasteiger partial charge >= 0.3 is 0 Å². The van der Waals surface area contributed by atoms with Crippen molar-refractivity contribution in [2.75, 3.05) is 4.90 Å². The van der Waals surface area contributed by atoms with Crippen molar-refractivity contribution in [3.8, 4) is 0 Å². The highest BCUT2D eigenvalue weighted by Gasteiger charge is 2.16. The Bertz CT molecular complexity index is 824. The van der Waals surface area contributed by atoms with E-state index in [1.165, 1.54) is 17.0 Å². The summed E-state index contributed by atoms with van der Waals surface area (Å²) in [6.07, 6.45) is 0. The first-order chi connectivity index (χ1) is 11.5. The number of hydrogen-bond donors (Lipinski definition) is 0. The van der Waals surface area contributed by atoms with E-state index >= 15 is 0 Å². The smallest absolute Gasteiger partial charge is 0.160 e. The second-order valence-corrected chi connectivity index (χ2v) is 5.37. The zero-order valence-electron chi connectivity index (χ0n) is 12.7. The fourth-order valence-electron chi connectivity index (χ4n) is 2.39. The van der Waals surface area contributed by atoms with E-state index in [1.54, 1.807) is 12.1 Å². The van der Waals surface area contributed by atoms with Gasteiger partial charge in [0.2, 0.25) is 0 Å². The molecule has 0 aromatic heterocycles. The number of anilines is 3. The molecule has 0 radical (unpaired) electrons. The first kappa shape index (κ1) is 16.1. The largest absolute Gasteiger partial charge is 0.310 e. The third-order valence-corrected chi connectivity index (χ3v) is 3.61. The summed E-state index contributed by atoms with van der Waals surface area (Å²) >= 11 is 0. The van der Waals surface area contributed by atoms with Crippen molar-refractivity contribution in [2.45, 2.75) is 6.92 Å². The molecule has 24 heavy (non-hydrogen) atoms. The van der Waals surface area contributed by atoms with E-state index in [0.29, 0.717) is 17.1 Å². The molecule has 3 aromatic carbocycles. The van der Waals surface area contributed by atoms with Crippen LogP contribution in [0.4, 0.5) is 34.6 Å². The maximum absolute atomic E-state index is 13.6. The van der Waals surface area contributed by atoms with E-state index in [1.807, 2.05) is 19.1 Å². The highest BCUT2D eigenvalue weighted by Crippen LogP contribution is 2.35. The predicted octanol–water partition coefficient (Wildman–Crippen LogP) is 6.02. The second kappa shape index (κ2) is 6.35. The molecule has 122 valence electrons. The van der Waals surface area contributed by atoms with Crippen LogP contribution in [-0.4, -0.2) is 0 Å². The zero-order chi connectivity index (χ0) is 17.3. The molecule has 0 amide bonds. The van der Waals surface area contributed by atoms with Crippen LogP contribution >= 0.6 is 0 Å². The van der Waals surface area contributed by atoms with Gasteiger partial charge in [0.05, 0.1) is 0 Å². The number of halogens is 4. The maximum atomic E-state index is 13.6. The molecule has 0 heterocycles. The molecule has 0 saturated carbocycles. The van der Waals surface area contributed by atoms with Gasteiger partial charge in [-0.05, 0) is 43.3 Å². The zero-order valence-corrected chi connectivity index (χ0v) is 12.7. The molecule has 3 aromatic rings. The van der Waals surface area contributed by atoms with Crippen LogP contribution in [0.2, 0.25) is 0 Å². The average molecular weight is 331 g/mol. The van der Waals surface area contributed by atoms with Crippen LogP contribution in [0.25, 0.3) is 0 Å². The first-order valence-electron chi connectivity index (χ1n) is 7.22. The van der Waals surface area contributed by atoms with Crippen molar-refractivity contribution < 1.29 is 17.6 Å². The molecule has 0 aliphatic rings. The average Bonchev–Trinajstić information content (AvgIpc) is 2.56. The topological polar surface area (TPSA) is 3.24 Å². The maximum Gasteiger partial charge on any atom is 0.160 e. The number of aryl methyl sites for hydroxylation is 1. The van der Waals surface area contributed by atoms with Crippen LogP contribution in [0.5, 0.6) is 0 Å². The summed E-state index contributed by atoms with van der Waals surface area (Å²) in [4.78, 5) is 1.52. The minimum Gasteiger partial charge on any atom is -0.310 e. The van der Waals surface area contributed by atoms with E-state index in [0.717, 1.165) is 29.8 Å². The van der Waals surface area contributed by atoms with Crippen molar-refractivity contribution >= 4 is 17.1 Å². The quantitative estimate of drug-likeness (QED) is 0.530. The molecular weight excluding hydrogens is 318 g/mol. The molecule has 0 saturated heterocycles. The summed E-state index contributed by atoms with van der Waals surface area (Å²) in [6.45, 7) is 1.91. The highest BCUT2D eigenvalue weighted by molar-refractivity contribution is 5.76. The lowest BCUT2D eigenvalue weighted by molar-refractivity contribution is 0.508. The molecule has 0 fully saturated rings. The summed E-state index contributed by atoms with van der Waals surface area (Å²) in [7, 11) is 0. The third-order valence-electron chi connectivity index (χ3n) is 3.61. The van der Waals surface area contributed by atoms with Crippen LogP contribution in [0.1, 0.15) is 5.56 Å². The molecule has 0 spiro atoms. The Morgan fingerprint density at radius 1 is 0.542 bits per heavy atom. The number of nitrogens with zero attached hydrogens (tertiary/aromatic N) is 1. The van der Waals surface area contributed by atoms with Gasteiger partial charge in [-0.25, -0.2) is 17.6 Å². The Hall–Kier alpha value is -2.82. The van der Waals surface area contributed by atoms with Crippen molar-refractivity contribution in [1.29, 1.82) is 0 Å². The summed E-state index contributed by atoms with van der Waals surface area (Å²) in [5.41, 5.74) is 2.21. The van der Waals surface area contributed by atoms with Gasteiger partial charge in [-0.1, -0.05) is 17.7 Å². The Balaban J connectivity index is 2.17. The lowest BCUT2D eigenvalue weighted by atomic mass is 10.1. The van der Waals surface area contributed by atoms with E-state index in [9.17, 15) is 17.6 Å². The number of rotatable bonds is 3. The SMILES string of the molecule is Cc1ccc(N(c2ccc(F)c(F)c2)c2ccc(F)c(F)c2)cc1. The molecule has 0 bridgehead atoms. The van der Waals surface area contributed by atoms with E-state index in [-0.39, 0.29) is 0 Å². The monoisotopic (exact) mass is 331 g/mol. The first-order valence-corrected chi connectivity index (χ1v) is 7.22. The van der Waals surface area contributed by atoms with Crippen LogP contribution in [0.15, 0.2) is 60.7 Å². The Morgan fingerprint density at radius 3 is 1.38 bits per heavy atom. The Labute approximate surface area is 136 Å². The van der Waals surface area contributed by atoms with Gasteiger partial charge < -0.3 is 4.90 Å².